The highest BCUT2D eigenvalue weighted by atomic mass is 35.5. The molecule has 0 amide bonds. The summed E-state index contributed by atoms with van der Waals surface area (Å²) < 4.78 is 12.8. The smallest absolute Gasteiger partial charge is 0.271 e. The van der Waals surface area contributed by atoms with Crippen molar-refractivity contribution >= 4 is 34.7 Å². The predicted molar refractivity (Wildman–Crippen MR) is 64.6 cm³/mol. The van der Waals surface area contributed by atoms with Gasteiger partial charge in [0.15, 0.2) is 5.82 Å². The van der Waals surface area contributed by atoms with Gasteiger partial charge in [-0.25, -0.2) is 9.37 Å². The lowest BCUT2D eigenvalue weighted by molar-refractivity contribution is 0.628. The van der Waals surface area contributed by atoms with Gasteiger partial charge in [-0.3, -0.25) is 4.79 Å². The highest BCUT2D eigenvalue weighted by Crippen LogP contribution is 2.26. The molecule has 0 fully saturated rings. The van der Waals surface area contributed by atoms with E-state index in [2.05, 4.69) is 15.3 Å². The van der Waals surface area contributed by atoms with Gasteiger partial charge in [0.25, 0.3) is 5.56 Å². The van der Waals surface area contributed by atoms with Crippen molar-refractivity contribution in [2.45, 2.75) is 0 Å². The molecule has 2 rings (SSSR count). The largest absolute Gasteiger partial charge is 0.338 e. The number of aromatic nitrogens is 2. The lowest BCUT2D eigenvalue weighted by Crippen LogP contribution is -2.09. The van der Waals surface area contributed by atoms with Crippen molar-refractivity contribution in [1.82, 2.24) is 9.97 Å². The molecule has 0 spiro atoms. The monoisotopic (exact) mass is 273 g/mol. The van der Waals surface area contributed by atoms with E-state index in [9.17, 15) is 9.18 Å². The van der Waals surface area contributed by atoms with Gasteiger partial charge in [0.05, 0.1) is 17.0 Å². The summed E-state index contributed by atoms with van der Waals surface area (Å²) in [6, 6.07) is 3.80. The number of aromatic amines is 1. The number of hydrogen-bond acceptors (Lipinski definition) is 3. The van der Waals surface area contributed by atoms with E-state index in [4.69, 9.17) is 23.2 Å². The van der Waals surface area contributed by atoms with Crippen LogP contribution in [0.5, 0.6) is 0 Å². The maximum absolute atomic E-state index is 12.8. The minimum atomic E-state index is -0.470. The standard InChI is InChI=1S/C10H6Cl2FN3O/c11-6-3-5(13)1-2-7(6)16-9-8(12)10(17)15-4-14-9/h1-4H,(H2,14,15,16,17). The van der Waals surface area contributed by atoms with E-state index in [-0.39, 0.29) is 15.9 Å². The first-order valence-corrected chi connectivity index (χ1v) is 5.29. The highest BCUT2D eigenvalue weighted by Gasteiger charge is 2.08. The number of H-pyrrole nitrogens is 1. The summed E-state index contributed by atoms with van der Waals surface area (Å²) in [4.78, 5) is 17.4. The van der Waals surface area contributed by atoms with Crippen LogP contribution in [0, 0.1) is 5.82 Å². The molecule has 0 aliphatic heterocycles. The summed E-state index contributed by atoms with van der Waals surface area (Å²) in [6.45, 7) is 0. The Hall–Kier alpha value is -1.59. The summed E-state index contributed by atoms with van der Waals surface area (Å²) in [5.41, 5.74) is -0.0598. The van der Waals surface area contributed by atoms with Gasteiger partial charge in [-0.15, -0.1) is 0 Å². The number of rotatable bonds is 2. The van der Waals surface area contributed by atoms with Crippen molar-refractivity contribution < 1.29 is 4.39 Å². The summed E-state index contributed by atoms with van der Waals surface area (Å²) >= 11 is 11.6. The van der Waals surface area contributed by atoms with E-state index in [0.717, 1.165) is 6.07 Å². The minimum absolute atomic E-state index is 0.0899. The Morgan fingerprint density at radius 1 is 1.35 bits per heavy atom. The summed E-state index contributed by atoms with van der Waals surface area (Å²) in [6.07, 6.45) is 1.20. The second-order valence-corrected chi connectivity index (χ2v) is 3.93. The molecule has 4 nitrogen and oxygen atoms in total. The Bertz CT molecular complexity index is 615. The number of nitrogens with zero attached hydrogens (tertiary/aromatic N) is 1. The van der Waals surface area contributed by atoms with Crippen LogP contribution in [0.25, 0.3) is 0 Å². The summed E-state index contributed by atoms with van der Waals surface area (Å²) in [7, 11) is 0. The third-order valence-corrected chi connectivity index (χ3v) is 2.64. The zero-order valence-electron chi connectivity index (χ0n) is 8.30. The maximum Gasteiger partial charge on any atom is 0.271 e. The Kier molecular flexibility index (Phi) is 3.31. The third-order valence-electron chi connectivity index (χ3n) is 1.98. The van der Waals surface area contributed by atoms with E-state index < -0.39 is 11.4 Å². The number of benzene rings is 1. The van der Waals surface area contributed by atoms with Crippen LogP contribution in [-0.4, -0.2) is 9.97 Å². The average Bonchev–Trinajstić information content (AvgIpc) is 2.28. The Morgan fingerprint density at radius 2 is 2.12 bits per heavy atom. The van der Waals surface area contributed by atoms with Gasteiger partial charge >= 0.3 is 0 Å². The number of nitrogens with one attached hydrogen (secondary N) is 2. The highest BCUT2D eigenvalue weighted by molar-refractivity contribution is 6.34. The molecule has 1 aromatic carbocycles. The molecule has 7 heteroatoms. The van der Waals surface area contributed by atoms with Crippen LogP contribution in [0.1, 0.15) is 0 Å². The average molecular weight is 274 g/mol. The van der Waals surface area contributed by atoms with E-state index in [0.29, 0.717) is 5.69 Å². The second-order valence-electron chi connectivity index (χ2n) is 3.14. The summed E-state index contributed by atoms with van der Waals surface area (Å²) in [5, 5.41) is 2.83. The third kappa shape index (κ3) is 2.57. The zero-order valence-corrected chi connectivity index (χ0v) is 9.81. The molecule has 0 unspecified atom stereocenters. The van der Waals surface area contributed by atoms with Crippen LogP contribution >= 0.6 is 23.2 Å². The molecule has 17 heavy (non-hydrogen) atoms. The molecule has 2 aromatic rings. The molecule has 2 N–H and O–H groups in total. The lowest BCUT2D eigenvalue weighted by Gasteiger charge is -2.08. The Morgan fingerprint density at radius 3 is 2.82 bits per heavy atom. The van der Waals surface area contributed by atoms with Crippen molar-refractivity contribution in [3.8, 4) is 0 Å². The van der Waals surface area contributed by atoms with Gasteiger partial charge in [-0.05, 0) is 18.2 Å². The van der Waals surface area contributed by atoms with E-state index in [1.165, 1.54) is 18.5 Å². The topological polar surface area (TPSA) is 57.8 Å². The van der Waals surface area contributed by atoms with Gasteiger partial charge in [0.1, 0.15) is 10.8 Å². The molecule has 0 aliphatic carbocycles. The first-order chi connectivity index (χ1) is 8.08. The molecule has 0 saturated heterocycles. The maximum atomic E-state index is 12.8. The van der Waals surface area contributed by atoms with Crippen molar-refractivity contribution in [2.24, 2.45) is 0 Å². The fraction of sp³-hybridized carbons (Fsp3) is 0. The van der Waals surface area contributed by atoms with Crippen LogP contribution in [0.2, 0.25) is 10.0 Å². The fourth-order valence-electron chi connectivity index (χ4n) is 1.19. The van der Waals surface area contributed by atoms with Crippen LogP contribution < -0.4 is 10.9 Å². The van der Waals surface area contributed by atoms with E-state index >= 15 is 0 Å². The van der Waals surface area contributed by atoms with Gasteiger partial charge < -0.3 is 10.3 Å². The molecule has 1 aromatic heterocycles. The van der Waals surface area contributed by atoms with Crippen molar-refractivity contribution in [2.75, 3.05) is 5.32 Å². The lowest BCUT2D eigenvalue weighted by atomic mass is 10.3. The molecule has 1 heterocycles. The molecular formula is C10H6Cl2FN3O. The van der Waals surface area contributed by atoms with Gasteiger partial charge in [-0.1, -0.05) is 23.2 Å². The van der Waals surface area contributed by atoms with Crippen molar-refractivity contribution in [1.29, 1.82) is 0 Å². The zero-order chi connectivity index (χ0) is 12.4. The summed E-state index contributed by atoms with van der Waals surface area (Å²) in [5.74, 6) is -0.297. The Labute approximate surface area is 105 Å². The first-order valence-electron chi connectivity index (χ1n) is 4.53. The molecular weight excluding hydrogens is 268 g/mol. The van der Waals surface area contributed by atoms with Gasteiger partial charge in [0.2, 0.25) is 0 Å². The molecule has 0 saturated carbocycles. The number of halogens is 3. The van der Waals surface area contributed by atoms with Gasteiger partial charge in [-0.2, -0.15) is 0 Å². The molecule has 0 radical (unpaired) electrons. The second kappa shape index (κ2) is 4.73. The minimum Gasteiger partial charge on any atom is -0.338 e. The van der Waals surface area contributed by atoms with Crippen LogP contribution in [-0.2, 0) is 0 Å². The van der Waals surface area contributed by atoms with Crippen molar-refractivity contribution in [3.05, 3.63) is 50.7 Å². The van der Waals surface area contributed by atoms with E-state index in [1.54, 1.807) is 0 Å². The van der Waals surface area contributed by atoms with Gasteiger partial charge in [0, 0.05) is 0 Å². The molecule has 0 aliphatic rings. The molecule has 0 bridgehead atoms. The quantitative estimate of drug-likeness (QED) is 0.885. The Balaban J connectivity index is 2.38. The van der Waals surface area contributed by atoms with Crippen LogP contribution in [0.4, 0.5) is 15.9 Å². The number of anilines is 2. The van der Waals surface area contributed by atoms with Crippen molar-refractivity contribution in [3.63, 3.8) is 0 Å². The van der Waals surface area contributed by atoms with Crippen LogP contribution in [0.3, 0.4) is 0 Å². The van der Waals surface area contributed by atoms with E-state index in [1.807, 2.05) is 0 Å². The SMILES string of the molecule is O=c1[nH]cnc(Nc2ccc(F)cc2Cl)c1Cl. The van der Waals surface area contributed by atoms with Crippen LogP contribution in [0.15, 0.2) is 29.3 Å². The molecule has 88 valence electrons. The first kappa shape index (κ1) is 11.9. The fourth-order valence-corrected chi connectivity index (χ4v) is 1.55. The normalized spacial score (nSPS) is 10.3. The molecule has 0 atom stereocenters. The number of hydrogen-bond donors (Lipinski definition) is 2. The predicted octanol–water partition coefficient (Wildman–Crippen LogP) is 2.96.